The van der Waals surface area contributed by atoms with Crippen molar-refractivity contribution in [2.45, 2.75) is 32.4 Å². The number of hydrogen-bond acceptors (Lipinski definition) is 2. The van der Waals surface area contributed by atoms with Crippen molar-refractivity contribution in [2.75, 3.05) is 13.1 Å². The Kier molecular flexibility index (Phi) is 5.08. The first-order valence-corrected chi connectivity index (χ1v) is 7.31. The summed E-state index contributed by atoms with van der Waals surface area (Å²) in [4.78, 5) is 14.1. The third kappa shape index (κ3) is 4.10. The number of carbonyl (C=O) groups excluding carboxylic acids is 1. The van der Waals surface area contributed by atoms with Crippen LogP contribution in [0.1, 0.15) is 25.3 Å². The molecule has 19 heavy (non-hydrogen) atoms. The number of hydrogen-bond donors (Lipinski definition) is 1. The zero-order valence-electron chi connectivity index (χ0n) is 11.0. The molecule has 0 unspecified atom stereocenters. The van der Waals surface area contributed by atoms with E-state index in [1.165, 1.54) is 0 Å². The second-order valence-corrected chi connectivity index (χ2v) is 5.60. The van der Waals surface area contributed by atoms with Crippen molar-refractivity contribution in [3.8, 4) is 0 Å². The lowest BCUT2D eigenvalue weighted by Crippen LogP contribution is -2.39. The number of likely N-dealkylation sites (N-methyl/N-ethyl adjacent to an activating group) is 1. The Morgan fingerprint density at radius 1 is 1.37 bits per heavy atom. The van der Waals surface area contributed by atoms with Crippen LogP contribution in [-0.4, -0.2) is 29.9 Å². The maximum atomic E-state index is 12.1. The summed E-state index contributed by atoms with van der Waals surface area (Å²) in [6.07, 6.45) is 2.19. The van der Waals surface area contributed by atoms with E-state index in [0.29, 0.717) is 29.2 Å². The highest BCUT2D eigenvalue weighted by Gasteiger charge is 2.32. The summed E-state index contributed by atoms with van der Waals surface area (Å²) in [6.45, 7) is 3.80. The molecule has 1 aromatic carbocycles. The first kappa shape index (κ1) is 14.6. The van der Waals surface area contributed by atoms with Gasteiger partial charge in [0, 0.05) is 12.6 Å². The predicted molar refractivity (Wildman–Crippen MR) is 78.6 cm³/mol. The summed E-state index contributed by atoms with van der Waals surface area (Å²) in [6, 6.07) is 5.92. The molecule has 0 radical (unpaired) electrons. The van der Waals surface area contributed by atoms with E-state index in [1.807, 2.05) is 24.0 Å². The van der Waals surface area contributed by atoms with Gasteiger partial charge in [0.25, 0.3) is 0 Å². The first-order chi connectivity index (χ1) is 9.11. The van der Waals surface area contributed by atoms with Crippen LogP contribution in [-0.2, 0) is 11.3 Å². The lowest BCUT2D eigenvalue weighted by Gasteiger charge is -2.23. The van der Waals surface area contributed by atoms with E-state index in [0.717, 1.165) is 24.9 Å². The Morgan fingerprint density at radius 2 is 2.11 bits per heavy atom. The van der Waals surface area contributed by atoms with Gasteiger partial charge in [-0.05, 0) is 37.1 Å². The molecule has 0 heterocycles. The molecule has 1 N–H and O–H groups in total. The number of carbonyl (C=O) groups is 1. The molecule has 0 bridgehead atoms. The standard InChI is InChI=1S/C14H18Cl2N2O/c1-2-17-8-14(19)18(11-4-5-11)9-10-3-6-12(15)13(16)7-10/h3,6-7,11,17H,2,4-5,8-9H2,1H3. The highest BCUT2D eigenvalue weighted by molar-refractivity contribution is 6.42. The van der Waals surface area contributed by atoms with Crippen LogP contribution in [0.25, 0.3) is 0 Å². The van der Waals surface area contributed by atoms with Crippen molar-refractivity contribution in [3.05, 3.63) is 33.8 Å². The molecule has 2 rings (SSSR count). The Hall–Kier alpha value is -0.770. The number of nitrogens with one attached hydrogen (secondary N) is 1. The van der Waals surface area contributed by atoms with E-state index in [4.69, 9.17) is 23.2 Å². The summed E-state index contributed by atoms with van der Waals surface area (Å²) >= 11 is 11.9. The lowest BCUT2D eigenvalue weighted by atomic mass is 10.2. The molecular formula is C14H18Cl2N2O. The van der Waals surface area contributed by atoms with Crippen LogP contribution in [0.15, 0.2) is 18.2 Å². The van der Waals surface area contributed by atoms with E-state index < -0.39 is 0 Å². The second-order valence-electron chi connectivity index (χ2n) is 4.78. The molecule has 1 aliphatic carbocycles. The number of benzene rings is 1. The summed E-state index contributed by atoms with van der Waals surface area (Å²) in [5.74, 6) is 0.149. The number of amides is 1. The average Bonchev–Trinajstić information content (AvgIpc) is 3.21. The largest absolute Gasteiger partial charge is 0.334 e. The van der Waals surface area contributed by atoms with Crippen LogP contribution in [0.5, 0.6) is 0 Å². The minimum absolute atomic E-state index is 0.149. The van der Waals surface area contributed by atoms with Crippen molar-refractivity contribution in [2.24, 2.45) is 0 Å². The van der Waals surface area contributed by atoms with E-state index in [9.17, 15) is 4.79 Å². The van der Waals surface area contributed by atoms with E-state index in [-0.39, 0.29) is 5.91 Å². The maximum Gasteiger partial charge on any atom is 0.237 e. The molecule has 1 amide bonds. The Balaban J connectivity index is 2.03. The second kappa shape index (κ2) is 6.60. The van der Waals surface area contributed by atoms with Crippen LogP contribution in [0.3, 0.4) is 0 Å². The molecule has 0 atom stereocenters. The quantitative estimate of drug-likeness (QED) is 0.875. The van der Waals surface area contributed by atoms with Gasteiger partial charge in [0.1, 0.15) is 0 Å². The van der Waals surface area contributed by atoms with Crippen LogP contribution >= 0.6 is 23.2 Å². The van der Waals surface area contributed by atoms with Gasteiger partial charge in [-0.15, -0.1) is 0 Å². The van der Waals surface area contributed by atoms with E-state index in [2.05, 4.69) is 5.32 Å². The third-order valence-corrected chi connectivity index (χ3v) is 3.91. The molecule has 1 fully saturated rings. The normalized spacial score (nSPS) is 14.5. The van der Waals surface area contributed by atoms with Crippen LogP contribution in [0.2, 0.25) is 10.0 Å². The van der Waals surface area contributed by atoms with E-state index >= 15 is 0 Å². The van der Waals surface area contributed by atoms with Crippen molar-refractivity contribution in [1.82, 2.24) is 10.2 Å². The van der Waals surface area contributed by atoms with Crippen molar-refractivity contribution in [1.29, 1.82) is 0 Å². The van der Waals surface area contributed by atoms with Crippen molar-refractivity contribution < 1.29 is 4.79 Å². The topological polar surface area (TPSA) is 32.3 Å². The van der Waals surface area contributed by atoms with Crippen LogP contribution in [0, 0.1) is 0 Å². The molecule has 3 nitrogen and oxygen atoms in total. The highest BCUT2D eigenvalue weighted by Crippen LogP contribution is 2.29. The van der Waals surface area contributed by atoms with Gasteiger partial charge in [-0.2, -0.15) is 0 Å². The van der Waals surface area contributed by atoms with Gasteiger partial charge in [-0.25, -0.2) is 0 Å². The van der Waals surface area contributed by atoms with Crippen LogP contribution < -0.4 is 5.32 Å². The Bertz CT molecular complexity index is 461. The maximum absolute atomic E-state index is 12.1. The monoisotopic (exact) mass is 300 g/mol. The first-order valence-electron chi connectivity index (χ1n) is 6.56. The van der Waals surface area contributed by atoms with Gasteiger partial charge in [0.2, 0.25) is 5.91 Å². The number of halogens is 2. The van der Waals surface area contributed by atoms with Gasteiger partial charge in [-0.1, -0.05) is 36.2 Å². The van der Waals surface area contributed by atoms with E-state index in [1.54, 1.807) is 6.07 Å². The fourth-order valence-corrected chi connectivity index (χ4v) is 2.30. The molecule has 1 aliphatic rings. The average molecular weight is 301 g/mol. The molecular weight excluding hydrogens is 283 g/mol. The Labute approximate surface area is 123 Å². The predicted octanol–water partition coefficient (Wildman–Crippen LogP) is 3.09. The molecule has 1 saturated carbocycles. The fraction of sp³-hybridized carbons (Fsp3) is 0.500. The van der Waals surface area contributed by atoms with Gasteiger partial charge in [0.05, 0.1) is 16.6 Å². The third-order valence-electron chi connectivity index (χ3n) is 3.17. The molecule has 104 valence electrons. The SMILES string of the molecule is CCNCC(=O)N(Cc1ccc(Cl)c(Cl)c1)C1CC1. The summed E-state index contributed by atoms with van der Waals surface area (Å²) in [5, 5.41) is 4.16. The van der Waals surface area contributed by atoms with Crippen molar-refractivity contribution >= 4 is 29.1 Å². The van der Waals surface area contributed by atoms with Crippen molar-refractivity contribution in [3.63, 3.8) is 0 Å². The van der Waals surface area contributed by atoms with Gasteiger partial charge in [0.15, 0.2) is 0 Å². The molecule has 5 heteroatoms. The van der Waals surface area contributed by atoms with Crippen LogP contribution in [0.4, 0.5) is 0 Å². The minimum atomic E-state index is 0.149. The fourth-order valence-electron chi connectivity index (χ4n) is 1.98. The van der Waals surface area contributed by atoms with Gasteiger partial charge < -0.3 is 10.2 Å². The minimum Gasteiger partial charge on any atom is -0.334 e. The summed E-state index contributed by atoms with van der Waals surface area (Å²) in [5.41, 5.74) is 1.02. The lowest BCUT2D eigenvalue weighted by molar-refractivity contribution is -0.131. The highest BCUT2D eigenvalue weighted by atomic mass is 35.5. The zero-order valence-corrected chi connectivity index (χ0v) is 12.5. The summed E-state index contributed by atoms with van der Waals surface area (Å²) < 4.78 is 0. The Morgan fingerprint density at radius 3 is 2.68 bits per heavy atom. The molecule has 1 aromatic rings. The number of rotatable bonds is 6. The van der Waals surface area contributed by atoms with Gasteiger partial charge in [-0.3, -0.25) is 4.79 Å². The number of nitrogens with zero attached hydrogens (tertiary/aromatic N) is 1. The molecule has 0 aromatic heterocycles. The molecule has 0 aliphatic heterocycles. The summed E-state index contributed by atoms with van der Waals surface area (Å²) in [7, 11) is 0. The van der Waals surface area contributed by atoms with Gasteiger partial charge >= 0.3 is 0 Å². The smallest absolute Gasteiger partial charge is 0.237 e. The zero-order chi connectivity index (χ0) is 13.8. The molecule has 0 spiro atoms. The molecule has 0 saturated heterocycles.